The number of allylic oxidation sites excluding steroid dienone is 6. The van der Waals surface area contributed by atoms with Gasteiger partial charge in [0.25, 0.3) is 0 Å². The van der Waals surface area contributed by atoms with Gasteiger partial charge in [-0.05, 0) is 25.7 Å². The lowest BCUT2D eigenvalue weighted by atomic mass is 9.84. The standard InChI is InChI=1S/C57H99O23P/c1-3-5-7-9-11-13-15-17-19-21-23-25-27-29-31-33-42(60)73-37-39(75-43(61)34-32-30-28-26-24-22-20-18-16-14-12-10-8-6-4-2)38-74-81(71,72)80-55-53(78-56-51(69)46(64)44(62)40(35-58)76-56)49(67)48(66)50(68)54(55)79-57-52(70)47(65)45(63)41(36-59)77-57/h27-34,39-41,44-59,62-70H,3-26,35-38H2,1-2H3,(H,71,72)/b29-27+,30-28+,33-31+,34-32+. The van der Waals surface area contributed by atoms with E-state index in [1.54, 1.807) is 12.2 Å². The summed E-state index contributed by atoms with van der Waals surface area (Å²) in [7, 11) is -5.68. The van der Waals surface area contributed by atoms with E-state index in [1.165, 1.54) is 115 Å². The van der Waals surface area contributed by atoms with Crippen LogP contribution in [0.4, 0.5) is 0 Å². The van der Waals surface area contributed by atoms with Crippen molar-refractivity contribution >= 4 is 19.8 Å². The smallest absolute Gasteiger partial charge is 0.458 e. The Labute approximate surface area is 478 Å². The van der Waals surface area contributed by atoms with Crippen LogP contribution >= 0.6 is 7.82 Å². The van der Waals surface area contributed by atoms with Crippen LogP contribution in [0.2, 0.25) is 0 Å². The normalized spacial score (nSPS) is 31.3. The maximum Gasteiger partial charge on any atom is 0.472 e. The number of carbonyl (C=O) groups excluding carboxylic acids is 2. The lowest BCUT2D eigenvalue weighted by molar-refractivity contribution is -0.360. The van der Waals surface area contributed by atoms with Gasteiger partial charge in [0.2, 0.25) is 0 Å². The second kappa shape index (κ2) is 41.5. The molecule has 2 saturated heterocycles. The Hall–Kier alpha value is -2.59. The Kier molecular flexibility index (Phi) is 37.2. The fourth-order valence-corrected chi connectivity index (χ4v) is 10.6. The van der Waals surface area contributed by atoms with Gasteiger partial charge in [0.1, 0.15) is 92.1 Å². The van der Waals surface area contributed by atoms with Gasteiger partial charge in [0.05, 0.1) is 19.8 Å². The van der Waals surface area contributed by atoms with Gasteiger partial charge < -0.3 is 89.5 Å². The molecule has 2 heterocycles. The highest BCUT2D eigenvalue weighted by Gasteiger charge is 2.58. The first-order valence-corrected chi connectivity index (χ1v) is 31.1. The predicted molar refractivity (Wildman–Crippen MR) is 296 cm³/mol. The summed E-state index contributed by atoms with van der Waals surface area (Å²) >= 11 is 0. The van der Waals surface area contributed by atoms with Crippen LogP contribution < -0.4 is 0 Å². The molecular weight excluding hydrogens is 1080 g/mol. The number of phosphoric ester groups is 1. The third kappa shape index (κ3) is 27.1. The molecule has 24 heteroatoms. The highest BCUT2D eigenvalue weighted by Crippen LogP contribution is 2.49. The van der Waals surface area contributed by atoms with E-state index in [4.69, 9.17) is 37.5 Å². The molecule has 1 saturated carbocycles. The predicted octanol–water partition coefficient (Wildman–Crippen LogP) is 4.04. The SMILES string of the molecule is CCCCCCCCCCCCC/C=C/C=C/C(=O)OCC(COP(=O)(O)OC1C(OC2OC(CO)C(O)C(O)C2O)C(O)C(O)C(O)C1OC1OC(CO)C(O)C(O)C1O)OC(=O)/C=C/C=C/CCCCCCCCCCCCC. The van der Waals surface area contributed by atoms with E-state index < -0.39 is 150 Å². The summed E-state index contributed by atoms with van der Waals surface area (Å²) in [5.74, 6) is -1.84. The van der Waals surface area contributed by atoms with Gasteiger partial charge in [-0.1, -0.05) is 179 Å². The molecule has 0 amide bonds. The molecule has 81 heavy (non-hydrogen) atoms. The van der Waals surface area contributed by atoms with Crippen molar-refractivity contribution in [3.05, 3.63) is 48.6 Å². The second-order valence-corrected chi connectivity index (χ2v) is 22.7. The van der Waals surface area contributed by atoms with Crippen molar-refractivity contribution in [1.29, 1.82) is 0 Å². The van der Waals surface area contributed by atoms with Gasteiger partial charge >= 0.3 is 19.8 Å². The van der Waals surface area contributed by atoms with Crippen molar-refractivity contribution in [3.63, 3.8) is 0 Å². The number of phosphoric acid groups is 1. The van der Waals surface area contributed by atoms with Gasteiger partial charge in [-0.15, -0.1) is 0 Å². The Bertz CT molecular complexity index is 1800. The molecule has 12 N–H and O–H groups in total. The highest BCUT2D eigenvalue weighted by molar-refractivity contribution is 7.47. The molecular formula is C57H99O23P. The van der Waals surface area contributed by atoms with Crippen molar-refractivity contribution in [2.75, 3.05) is 26.4 Å². The average Bonchev–Trinajstić information content (AvgIpc) is 3.48. The zero-order valence-electron chi connectivity index (χ0n) is 47.5. The van der Waals surface area contributed by atoms with Crippen LogP contribution in [0.5, 0.6) is 0 Å². The number of hydrogen-bond acceptors (Lipinski definition) is 22. The van der Waals surface area contributed by atoms with Crippen LogP contribution in [0.1, 0.15) is 168 Å². The molecule has 3 rings (SSSR count). The molecule has 0 bridgehead atoms. The molecule has 470 valence electrons. The molecule has 2 aliphatic heterocycles. The average molecular weight is 1180 g/mol. The Morgan fingerprint density at radius 2 is 0.840 bits per heavy atom. The summed E-state index contributed by atoms with van der Waals surface area (Å²) in [5.41, 5.74) is 0. The molecule has 16 atom stereocenters. The van der Waals surface area contributed by atoms with Crippen LogP contribution in [-0.2, 0) is 51.6 Å². The largest absolute Gasteiger partial charge is 0.472 e. The van der Waals surface area contributed by atoms with E-state index in [1.807, 2.05) is 12.2 Å². The van der Waals surface area contributed by atoms with Gasteiger partial charge in [-0.3, -0.25) is 9.05 Å². The van der Waals surface area contributed by atoms with Crippen LogP contribution in [0.15, 0.2) is 48.6 Å². The summed E-state index contributed by atoms with van der Waals surface area (Å²) in [6, 6.07) is 0. The van der Waals surface area contributed by atoms with Crippen LogP contribution in [0, 0.1) is 0 Å². The van der Waals surface area contributed by atoms with Crippen molar-refractivity contribution < 1.29 is 113 Å². The van der Waals surface area contributed by atoms with Crippen LogP contribution in [0.3, 0.4) is 0 Å². The van der Waals surface area contributed by atoms with Crippen LogP contribution in [0.25, 0.3) is 0 Å². The Balaban J connectivity index is 1.75. The second-order valence-electron chi connectivity index (χ2n) is 21.3. The molecule has 16 unspecified atom stereocenters. The number of esters is 2. The van der Waals surface area contributed by atoms with Crippen LogP contribution in [-0.4, -0.2) is 204 Å². The van der Waals surface area contributed by atoms with Crippen molar-refractivity contribution in [2.24, 2.45) is 0 Å². The first kappa shape index (κ1) is 72.7. The number of carbonyl (C=O) groups is 2. The van der Waals surface area contributed by atoms with E-state index in [0.717, 1.165) is 63.5 Å². The Morgan fingerprint density at radius 3 is 1.23 bits per heavy atom. The minimum absolute atomic E-state index is 0.724. The lowest BCUT2D eigenvalue weighted by Gasteiger charge is -2.49. The van der Waals surface area contributed by atoms with Crippen molar-refractivity contribution in [3.8, 4) is 0 Å². The summed E-state index contributed by atoms with van der Waals surface area (Å²) in [4.78, 5) is 37.2. The maximum atomic E-state index is 14.0. The summed E-state index contributed by atoms with van der Waals surface area (Å²) in [6.07, 6.45) is 5.17. The fraction of sp³-hybridized carbons (Fsp3) is 0.825. The van der Waals surface area contributed by atoms with Crippen molar-refractivity contribution in [1.82, 2.24) is 0 Å². The van der Waals surface area contributed by atoms with Gasteiger partial charge in [0, 0.05) is 12.2 Å². The van der Waals surface area contributed by atoms with E-state index >= 15 is 0 Å². The fourth-order valence-electron chi connectivity index (χ4n) is 9.65. The molecule has 1 aliphatic carbocycles. The number of unbranched alkanes of at least 4 members (excludes halogenated alkanes) is 22. The van der Waals surface area contributed by atoms with E-state index in [2.05, 4.69) is 13.8 Å². The first-order chi connectivity index (χ1) is 38.9. The topological polar surface area (TPSA) is 368 Å². The summed E-state index contributed by atoms with van der Waals surface area (Å²) in [5, 5.41) is 117. The third-order valence-corrected chi connectivity index (χ3v) is 15.6. The zero-order chi connectivity index (χ0) is 59.6. The van der Waals surface area contributed by atoms with Gasteiger partial charge in [0.15, 0.2) is 18.7 Å². The van der Waals surface area contributed by atoms with Gasteiger partial charge in [-0.25, -0.2) is 14.2 Å². The molecule has 0 aromatic rings. The minimum atomic E-state index is -5.68. The molecule has 0 aromatic carbocycles. The van der Waals surface area contributed by atoms with E-state index in [9.17, 15) is 75.2 Å². The molecule has 23 nitrogen and oxygen atoms in total. The van der Waals surface area contributed by atoms with E-state index in [0.29, 0.717) is 0 Å². The number of rotatable bonds is 42. The quantitative estimate of drug-likeness (QED) is 0.0135. The Morgan fingerprint density at radius 1 is 0.469 bits per heavy atom. The first-order valence-electron chi connectivity index (χ1n) is 29.6. The van der Waals surface area contributed by atoms with Crippen molar-refractivity contribution in [2.45, 2.75) is 272 Å². The highest BCUT2D eigenvalue weighted by atomic mass is 31.2. The van der Waals surface area contributed by atoms with E-state index in [-0.39, 0.29) is 0 Å². The molecule has 3 fully saturated rings. The number of aliphatic hydroxyl groups is 11. The van der Waals surface area contributed by atoms with Gasteiger partial charge in [-0.2, -0.15) is 0 Å². The number of aliphatic hydroxyl groups excluding tert-OH is 11. The monoisotopic (exact) mass is 1180 g/mol. The summed E-state index contributed by atoms with van der Waals surface area (Å²) < 4.78 is 57.6. The number of ether oxygens (including phenoxy) is 6. The molecule has 3 aliphatic rings. The maximum absolute atomic E-state index is 14.0. The zero-order valence-corrected chi connectivity index (χ0v) is 48.4. The third-order valence-electron chi connectivity index (χ3n) is 14.6. The number of hydrogen-bond donors (Lipinski definition) is 12. The summed E-state index contributed by atoms with van der Waals surface area (Å²) in [6.45, 7) is 0.775. The lowest BCUT2D eigenvalue weighted by Crippen LogP contribution is -2.69. The molecule has 0 spiro atoms. The molecule has 0 aromatic heterocycles. The molecule has 0 radical (unpaired) electrons. The minimum Gasteiger partial charge on any atom is -0.458 e.